The Kier molecular flexibility index (Phi) is 8.56. The van der Waals surface area contributed by atoms with Crippen LogP contribution in [0.25, 0.3) is 5.69 Å². The second-order valence-electron chi connectivity index (χ2n) is 6.99. The van der Waals surface area contributed by atoms with Crippen LogP contribution in [0.3, 0.4) is 0 Å². The van der Waals surface area contributed by atoms with Crippen molar-refractivity contribution in [2.75, 3.05) is 27.3 Å². The highest BCUT2D eigenvalue weighted by molar-refractivity contribution is 14.0. The topological polar surface area (TPSA) is 63.5 Å². The van der Waals surface area contributed by atoms with Crippen LogP contribution < -0.4 is 10.6 Å². The van der Waals surface area contributed by atoms with Crippen LogP contribution in [-0.4, -0.2) is 43.0 Å². The quantitative estimate of drug-likeness (QED) is 0.344. The summed E-state index contributed by atoms with van der Waals surface area (Å²) in [6.45, 7) is 2.52. The monoisotopic (exact) mass is 483 g/mol. The van der Waals surface area contributed by atoms with Crippen LogP contribution in [0.4, 0.5) is 0 Å². The maximum atomic E-state index is 5.27. The number of benzene rings is 1. The van der Waals surface area contributed by atoms with Crippen molar-refractivity contribution in [3.63, 3.8) is 0 Å². The summed E-state index contributed by atoms with van der Waals surface area (Å²) >= 11 is 0. The molecule has 0 aliphatic heterocycles. The lowest BCUT2D eigenvalue weighted by molar-refractivity contribution is 0.0732. The van der Waals surface area contributed by atoms with E-state index in [4.69, 9.17) is 4.74 Å². The number of hydrogen-bond acceptors (Lipinski definition) is 3. The SMILES string of the molecule is CN=C(NCc1ccc(-n2cccn2)cc1)NCC1(CCOC)CCC1.I. The van der Waals surface area contributed by atoms with Gasteiger partial charge >= 0.3 is 0 Å². The maximum absolute atomic E-state index is 5.27. The van der Waals surface area contributed by atoms with E-state index < -0.39 is 0 Å². The van der Waals surface area contributed by atoms with Crippen molar-refractivity contribution in [3.05, 3.63) is 48.3 Å². The standard InChI is InChI=1S/C20H29N5O.HI/c1-21-19(23-16-20(9-3-10-20)11-14-26-2)22-15-17-5-7-18(8-6-17)25-13-4-12-24-25;/h4-8,12-13H,3,9-11,14-16H2,1-2H3,(H2,21,22,23);1H. The molecule has 0 radical (unpaired) electrons. The van der Waals surface area contributed by atoms with Gasteiger partial charge in [-0.25, -0.2) is 4.68 Å². The zero-order valence-electron chi connectivity index (χ0n) is 16.1. The van der Waals surface area contributed by atoms with Crippen molar-refractivity contribution in [1.29, 1.82) is 0 Å². The Morgan fingerprint density at radius 2 is 2.04 bits per heavy atom. The van der Waals surface area contributed by atoms with Gasteiger partial charge in [-0.2, -0.15) is 5.10 Å². The molecule has 27 heavy (non-hydrogen) atoms. The van der Waals surface area contributed by atoms with E-state index in [-0.39, 0.29) is 24.0 Å². The van der Waals surface area contributed by atoms with Crippen LogP contribution in [0.2, 0.25) is 0 Å². The van der Waals surface area contributed by atoms with E-state index in [0.717, 1.165) is 37.8 Å². The number of ether oxygens (including phenoxy) is 1. The molecule has 1 fully saturated rings. The van der Waals surface area contributed by atoms with Crippen LogP contribution in [-0.2, 0) is 11.3 Å². The normalized spacial score (nSPS) is 15.6. The number of guanidine groups is 1. The fraction of sp³-hybridized carbons (Fsp3) is 0.500. The molecule has 1 aromatic carbocycles. The molecular formula is C20H30IN5O. The second-order valence-corrected chi connectivity index (χ2v) is 6.99. The van der Waals surface area contributed by atoms with Crippen LogP contribution in [0.15, 0.2) is 47.7 Å². The molecule has 1 aromatic heterocycles. The van der Waals surface area contributed by atoms with Gasteiger partial charge in [0.05, 0.1) is 5.69 Å². The molecule has 2 N–H and O–H groups in total. The molecule has 0 saturated heterocycles. The van der Waals surface area contributed by atoms with Crippen LogP contribution >= 0.6 is 24.0 Å². The number of halogens is 1. The Labute approximate surface area is 178 Å². The number of nitrogens with zero attached hydrogens (tertiary/aromatic N) is 3. The van der Waals surface area contributed by atoms with Crippen molar-refractivity contribution >= 4 is 29.9 Å². The van der Waals surface area contributed by atoms with Gasteiger partial charge in [-0.3, -0.25) is 4.99 Å². The minimum absolute atomic E-state index is 0. The highest BCUT2D eigenvalue weighted by Crippen LogP contribution is 2.43. The van der Waals surface area contributed by atoms with Crippen LogP contribution in [0, 0.1) is 5.41 Å². The van der Waals surface area contributed by atoms with E-state index in [9.17, 15) is 0 Å². The summed E-state index contributed by atoms with van der Waals surface area (Å²) in [6.07, 6.45) is 8.71. The lowest BCUT2D eigenvalue weighted by atomic mass is 9.67. The zero-order valence-corrected chi connectivity index (χ0v) is 18.5. The Morgan fingerprint density at radius 3 is 2.59 bits per heavy atom. The molecule has 2 aromatic rings. The fourth-order valence-corrected chi connectivity index (χ4v) is 3.38. The third-order valence-electron chi connectivity index (χ3n) is 5.27. The van der Waals surface area contributed by atoms with Crippen LogP contribution in [0.5, 0.6) is 0 Å². The minimum Gasteiger partial charge on any atom is -0.385 e. The van der Waals surface area contributed by atoms with Gasteiger partial charge in [0.25, 0.3) is 0 Å². The molecule has 6 nitrogen and oxygen atoms in total. The molecule has 0 unspecified atom stereocenters. The first-order chi connectivity index (χ1) is 12.7. The van der Waals surface area contributed by atoms with Gasteiger partial charge in [-0.1, -0.05) is 18.6 Å². The highest BCUT2D eigenvalue weighted by Gasteiger charge is 2.36. The molecule has 0 amide bonds. The Morgan fingerprint density at radius 1 is 1.26 bits per heavy atom. The summed E-state index contributed by atoms with van der Waals surface area (Å²) in [5.41, 5.74) is 2.65. The van der Waals surface area contributed by atoms with Crippen molar-refractivity contribution in [2.45, 2.75) is 32.2 Å². The smallest absolute Gasteiger partial charge is 0.191 e. The molecule has 0 bridgehead atoms. The molecule has 1 aliphatic rings. The predicted octanol–water partition coefficient (Wildman–Crippen LogP) is 3.36. The van der Waals surface area contributed by atoms with Gasteiger partial charge in [-0.15, -0.1) is 24.0 Å². The second kappa shape index (κ2) is 10.7. The van der Waals surface area contributed by atoms with Gasteiger partial charge < -0.3 is 15.4 Å². The molecule has 1 heterocycles. The molecule has 1 aliphatic carbocycles. The van der Waals surface area contributed by atoms with E-state index >= 15 is 0 Å². The first-order valence-corrected chi connectivity index (χ1v) is 9.27. The average Bonchev–Trinajstić information content (AvgIpc) is 3.18. The van der Waals surface area contributed by atoms with Gasteiger partial charge in [-0.05, 0) is 48.4 Å². The van der Waals surface area contributed by atoms with E-state index in [1.54, 1.807) is 13.3 Å². The van der Waals surface area contributed by atoms with E-state index in [2.05, 4.69) is 45.0 Å². The summed E-state index contributed by atoms with van der Waals surface area (Å²) in [5.74, 6) is 0.852. The van der Waals surface area contributed by atoms with Crippen molar-refractivity contribution in [3.8, 4) is 5.69 Å². The maximum Gasteiger partial charge on any atom is 0.191 e. The number of hydrogen-bond donors (Lipinski definition) is 2. The number of aromatic nitrogens is 2. The predicted molar refractivity (Wildman–Crippen MR) is 120 cm³/mol. The van der Waals surface area contributed by atoms with E-state index in [1.807, 2.05) is 24.0 Å². The Hall–Kier alpha value is -1.61. The Bertz CT molecular complexity index is 696. The van der Waals surface area contributed by atoms with Gasteiger partial charge in [0.1, 0.15) is 0 Å². The average molecular weight is 483 g/mol. The number of rotatable bonds is 8. The number of aliphatic imine (C=N–C) groups is 1. The van der Waals surface area contributed by atoms with E-state index in [1.165, 1.54) is 24.8 Å². The zero-order chi connectivity index (χ0) is 18.2. The number of methoxy groups -OCH3 is 1. The molecular weight excluding hydrogens is 453 g/mol. The third kappa shape index (κ3) is 5.93. The Balaban J connectivity index is 0.00000261. The molecule has 3 rings (SSSR count). The summed E-state index contributed by atoms with van der Waals surface area (Å²) in [7, 11) is 3.59. The highest BCUT2D eigenvalue weighted by atomic mass is 127. The van der Waals surface area contributed by atoms with Crippen molar-refractivity contribution in [2.24, 2.45) is 10.4 Å². The molecule has 0 spiro atoms. The molecule has 1 saturated carbocycles. The van der Waals surface area contributed by atoms with Gasteiger partial charge in [0.15, 0.2) is 5.96 Å². The summed E-state index contributed by atoms with van der Waals surface area (Å²) in [6, 6.07) is 10.3. The molecule has 7 heteroatoms. The van der Waals surface area contributed by atoms with Gasteiger partial charge in [0, 0.05) is 46.2 Å². The van der Waals surface area contributed by atoms with Crippen molar-refractivity contribution < 1.29 is 4.74 Å². The first kappa shape index (κ1) is 21.7. The minimum atomic E-state index is 0. The van der Waals surface area contributed by atoms with E-state index in [0.29, 0.717) is 5.41 Å². The first-order valence-electron chi connectivity index (χ1n) is 9.27. The molecule has 0 atom stereocenters. The lowest BCUT2D eigenvalue weighted by Gasteiger charge is -2.42. The molecule has 148 valence electrons. The summed E-state index contributed by atoms with van der Waals surface area (Å²) < 4.78 is 7.13. The fourth-order valence-electron chi connectivity index (χ4n) is 3.38. The largest absolute Gasteiger partial charge is 0.385 e. The lowest BCUT2D eigenvalue weighted by Crippen LogP contribution is -2.46. The summed E-state index contributed by atoms with van der Waals surface area (Å²) in [4.78, 5) is 4.35. The number of nitrogens with one attached hydrogen (secondary N) is 2. The third-order valence-corrected chi connectivity index (χ3v) is 5.27. The van der Waals surface area contributed by atoms with Crippen molar-refractivity contribution in [1.82, 2.24) is 20.4 Å². The summed E-state index contributed by atoms with van der Waals surface area (Å²) in [5, 5.41) is 11.1. The van der Waals surface area contributed by atoms with Gasteiger partial charge in [0.2, 0.25) is 0 Å². The van der Waals surface area contributed by atoms with Crippen LogP contribution in [0.1, 0.15) is 31.2 Å².